The van der Waals surface area contributed by atoms with Crippen LogP contribution in [0.15, 0.2) is 63.8 Å². The molecule has 188 valence electrons. The van der Waals surface area contributed by atoms with Crippen molar-refractivity contribution in [3.05, 3.63) is 75.4 Å². The summed E-state index contributed by atoms with van der Waals surface area (Å²) in [5.74, 6) is -1.17. The molecule has 36 heavy (non-hydrogen) atoms. The number of ether oxygens (including phenoxy) is 1. The van der Waals surface area contributed by atoms with E-state index in [1.807, 2.05) is 0 Å². The van der Waals surface area contributed by atoms with Crippen LogP contribution in [0.2, 0.25) is 5.02 Å². The van der Waals surface area contributed by atoms with Gasteiger partial charge in [0.1, 0.15) is 4.21 Å². The molecule has 2 aromatic carbocycles. The van der Waals surface area contributed by atoms with Crippen LogP contribution < -0.4 is 5.32 Å². The molecule has 1 aliphatic carbocycles. The van der Waals surface area contributed by atoms with Gasteiger partial charge < -0.3 is 4.74 Å². The second kappa shape index (κ2) is 10.3. The van der Waals surface area contributed by atoms with Gasteiger partial charge in [-0.25, -0.2) is 13.4 Å². The smallest absolute Gasteiger partial charge is 0.317 e. The Morgan fingerprint density at radius 1 is 1.11 bits per heavy atom. The van der Waals surface area contributed by atoms with Gasteiger partial charge in [0.25, 0.3) is 11.6 Å². The first-order valence-corrected chi connectivity index (χ1v) is 13.5. The molecule has 0 saturated heterocycles. The van der Waals surface area contributed by atoms with E-state index < -0.39 is 38.7 Å². The Morgan fingerprint density at radius 2 is 1.75 bits per heavy atom. The Balaban J connectivity index is 1.39. The SMILES string of the molecule is O=C(COC(=O)C1(c2ccc(Cl)cc2)CCCC1)Nc1ncc(S(=O)(=O)c2ccc([N+](=O)[O-])cc2)s1. The highest BCUT2D eigenvalue weighted by Gasteiger charge is 2.44. The number of aromatic nitrogens is 1. The number of rotatable bonds is 8. The lowest BCUT2D eigenvalue weighted by atomic mass is 9.79. The van der Waals surface area contributed by atoms with Crippen molar-refractivity contribution >= 4 is 55.5 Å². The molecule has 1 fully saturated rings. The number of nitro groups is 1. The molecule has 4 rings (SSSR count). The Morgan fingerprint density at radius 3 is 2.36 bits per heavy atom. The van der Waals surface area contributed by atoms with Crippen molar-refractivity contribution in [3.8, 4) is 0 Å². The molecule has 1 amide bonds. The van der Waals surface area contributed by atoms with E-state index in [1.54, 1.807) is 24.3 Å². The zero-order chi connectivity index (χ0) is 25.9. The summed E-state index contributed by atoms with van der Waals surface area (Å²) in [6.45, 7) is -0.557. The topological polar surface area (TPSA) is 146 Å². The molecule has 1 aliphatic rings. The van der Waals surface area contributed by atoms with Gasteiger partial charge in [-0.05, 0) is 42.7 Å². The second-order valence-electron chi connectivity index (χ2n) is 8.16. The van der Waals surface area contributed by atoms with E-state index in [9.17, 15) is 28.1 Å². The fraction of sp³-hybridized carbons (Fsp3) is 0.261. The minimum absolute atomic E-state index is 0.00446. The first kappa shape index (κ1) is 25.7. The van der Waals surface area contributed by atoms with Gasteiger partial charge in [-0.1, -0.05) is 47.9 Å². The van der Waals surface area contributed by atoms with E-state index in [2.05, 4.69) is 10.3 Å². The first-order chi connectivity index (χ1) is 17.1. The molecule has 1 N–H and O–H groups in total. The number of benzene rings is 2. The van der Waals surface area contributed by atoms with Gasteiger partial charge in [-0.2, -0.15) is 0 Å². The largest absolute Gasteiger partial charge is 0.455 e. The molecule has 10 nitrogen and oxygen atoms in total. The molecular weight excluding hydrogens is 530 g/mol. The molecule has 0 aliphatic heterocycles. The molecule has 0 atom stereocenters. The number of nitrogens with zero attached hydrogens (tertiary/aromatic N) is 2. The van der Waals surface area contributed by atoms with Crippen molar-refractivity contribution in [2.75, 3.05) is 11.9 Å². The lowest BCUT2D eigenvalue weighted by molar-refractivity contribution is -0.384. The van der Waals surface area contributed by atoms with E-state index in [1.165, 1.54) is 0 Å². The van der Waals surface area contributed by atoms with Crippen LogP contribution in [0.4, 0.5) is 10.8 Å². The quantitative estimate of drug-likeness (QED) is 0.245. The average Bonchev–Trinajstić information content (AvgIpc) is 3.54. The maximum Gasteiger partial charge on any atom is 0.317 e. The van der Waals surface area contributed by atoms with E-state index in [0.717, 1.165) is 48.9 Å². The molecule has 1 aromatic heterocycles. The number of hydrogen-bond donors (Lipinski definition) is 1. The predicted molar refractivity (Wildman–Crippen MR) is 132 cm³/mol. The number of hydrogen-bond acceptors (Lipinski definition) is 9. The fourth-order valence-corrected chi connectivity index (χ4v) is 6.66. The highest BCUT2D eigenvalue weighted by atomic mass is 35.5. The number of amides is 1. The summed E-state index contributed by atoms with van der Waals surface area (Å²) in [4.78, 5) is 39.3. The summed E-state index contributed by atoms with van der Waals surface area (Å²) in [7, 11) is -3.99. The number of sulfone groups is 1. The molecule has 0 unspecified atom stereocenters. The summed E-state index contributed by atoms with van der Waals surface area (Å²) in [6.07, 6.45) is 4.00. The third-order valence-electron chi connectivity index (χ3n) is 5.93. The molecule has 0 spiro atoms. The van der Waals surface area contributed by atoms with Crippen LogP contribution in [0.25, 0.3) is 0 Å². The Bertz CT molecular complexity index is 1400. The highest BCUT2D eigenvalue weighted by molar-refractivity contribution is 7.93. The van der Waals surface area contributed by atoms with Crippen LogP contribution in [0, 0.1) is 10.1 Å². The summed E-state index contributed by atoms with van der Waals surface area (Å²) in [5.41, 5.74) is -0.287. The van der Waals surface area contributed by atoms with Crippen LogP contribution in [-0.4, -0.2) is 36.8 Å². The maximum atomic E-state index is 13.0. The monoisotopic (exact) mass is 549 g/mol. The summed E-state index contributed by atoms with van der Waals surface area (Å²) < 4.78 is 30.7. The molecule has 13 heteroatoms. The average molecular weight is 550 g/mol. The normalized spacial score (nSPS) is 14.8. The van der Waals surface area contributed by atoms with Crippen LogP contribution in [0.3, 0.4) is 0 Å². The summed E-state index contributed by atoms with van der Waals surface area (Å²) in [5, 5.41) is 13.8. The van der Waals surface area contributed by atoms with Gasteiger partial charge >= 0.3 is 5.97 Å². The lowest BCUT2D eigenvalue weighted by Gasteiger charge is -2.27. The molecule has 0 radical (unpaired) electrons. The first-order valence-electron chi connectivity index (χ1n) is 10.8. The summed E-state index contributed by atoms with van der Waals surface area (Å²) in [6, 6.07) is 11.4. The zero-order valence-corrected chi connectivity index (χ0v) is 21.1. The predicted octanol–water partition coefficient (Wildman–Crippen LogP) is 4.53. The fourth-order valence-electron chi connectivity index (χ4n) is 4.09. The van der Waals surface area contributed by atoms with Crippen molar-refractivity contribution in [2.45, 2.75) is 40.2 Å². The van der Waals surface area contributed by atoms with Crippen LogP contribution in [-0.2, 0) is 29.6 Å². The van der Waals surface area contributed by atoms with Crippen LogP contribution in [0.1, 0.15) is 31.2 Å². The van der Waals surface area contributed by atoms with Crippen molar-refractivity contribution in [1.29, 1.82) is 0 Å². The third kappa shape index (κ3) is 5.25. The Kier molecular flexibility index (Phi) is 7.38. The molecule has 0 bridgehead atoms. The second-order valence-corrected chi connectivity index (χ2v) is 11.8. The van der Waals surface area contributed by atoms with Crippen molar-refractivity contribution in [1.82, 2.24) is 4.98 Å². The molecule has 3 aromatic rings. The van der Waals surface area contributed by atoms with E-state index in [0.29, 0.717) is 29.2 Å². The van der Waals surface area contributed by atoms with Crippen molar-refractivity contribution < 1.29 is 27.7 Å². The number of halogens is 1. The van der Waals surface area contributed by atoms with Gasteiger partial charge in [-0.3, -0.25) is 25.0 Å². The number of nitrogens with one attached hydrogen (secondary N) is 1. The van der Waals surface area contributed by atoms with Crippen LogP contribution >= 0.6 is 22.9 Å². The number of carbonyl (C=O) groups excluding carboxylic acids is 2. The Labute approximate surface area is 215 Å². The van der Waals surface area contributed by atoms with Crippen LogP contribution in [0.5, 0.6) is 0 Å². The lowest BCUT2D eigenvalue weighted by Crippen LogP contribution is -2.36. The van der Waals surface area contributed by atoms with Gasteiger partial charge in [0.15, 0.2) is 11.7 Å². The molecule has 1 saturated carbocycles. The highest BCUT2D eigenvalue weighted by Crippen LogP contribution is 2.42. The van der Waals surface area contributed by atoms with E-state index in [-0.39, 0.29) is 19.9 Å². The van der Waals surface area contributed by atoms with Gasteiger partial charge in [0.05, 0.1) is 21.4 Å². The number of esters is 1. The molecular formula is C23H20ClN3O7S2. The minimum Gasteiger partial charge on any atom is -0.455 e. The van der Waals surface area contributed by atoms with Gasteiger partial charge in [0.2, 0.25) is 9.84 Å². The van der Waals surface area contributed by atoms with E-state index >= 15 is 0 Å². The van der Waals surface area contributed by atoms with Gasteiger partial charge in [0, 0.05) is 17.2 Å². The number of nitro benzene ring substituents is 1. The summed E-state index contributed by atoms with van der Waals surface area (Å²) >= 11 is 6.68. The van der Waals surface area contributed by atoms with Crippen molar-refractivity contribution in [2.24, 2.45) is 0 Å². The number of carbonyl (C=O) groups is 2. The van der Waals surface area contributed by atoms with E-state index in [4.69, 9.17) is 16.3 Å². The number of anilines is 1. The minimum atomic E-state index is -3.99. The zero-order valence-electron chi connectivity index (χ0n) is 18.7. The van der Waals surface area contributed by atoms with Gasteiger partial charge in [-0.15, -0.1) is 0 Å². The van der Waals surface area contributed by atoms with Crippen molar-refractivity contribution in [3.63, 3.8) is 0 Å². The number of thiazole rings is 1. The third-order valence-corrected chi connectivity index (χ3v) is 9.33. The Hall–Kier alpha value is -3.35. The standard InChI is InChI=1S/C23H20ClN3O7S2/c24-16-5-3-15(4-6-16)23(11-1-2-12-23)21(29)34-14-19(28)26-22-25-13-20(35-22)36(32,33)18-9-7-17(8-10-18)27(30)31/h3-10,13H,1-2,11-12,14H2,(H,25,26,28). The maximum absolute atomic E-state index is 13.0. The number of non-ortho nitro benzene ring substituents is 1. The molecule has 1 heterocycles.